The molecule has 0 aromatic carbocycles. The number of nitrogens with one attached hydrogen (secondary N) is 1. The summed E-state index contributed by atoms with van der Waals surface area (Å²) in [5, 5.41) is 8.23. The van der Waals surface area contributed by atoms with E-state index in [0.717, 1.165) is 19.4 Å². The third-order valence-corrected chi connectivity index (χ3v) is 3.51. The fourth-order valence-electron chi connectivity index (χ4n) is 2.22. The predicted octanol–water partition coefficient (Wildman–Crippen LogP) is 3.40. The highest BCUT2D eigenvalue weighted by Crippen LogP contribution is 2.19. The molecule has 1 N–H and O–H groups in total. The Morgan fingerprint density at radius 1 is 1.28 bits per heavy atom. The first-order valence-electron chi connectivity index (χ1n) is 7.06. The molecule has 0 radical (unpaired) electrons. The van der Waals surface area contributed by atoms with E-state index in [1.54, 1.807) is 0 Å². The minimum Gasteiger partial charge on any atom is -0.312 e. The molecule has 0 spiro atoms. The van der Waals surface area contributed by atoms with Crippen LogP contribution in [0.5, 0.6) is 0 Å². The largest absolute Gasteiger partial charge is 0.312 e. The lowest BCUT2D eigenvalue weighted by Crippen LogP contribution is -2.37. The van der Waals surface area contributed by atoms with Crippen LogP contribution in [-0.4, -0.2) is 21.9 Å². The van der Waals surface area contributed by atoms with Crippen LogP contribution in [0.2, 0.25) is 0 Å². The summed E-state index contributed by atoms with van der Waals surface area (Å²) >= 11 is 0. The maximum Gasteiger partial charge on any atom is 0.0629 e. The second-order valence-corrected chi connectivity index (χ2v) is 6.28. The highest BCUT2D eigenvalue weighted by Gasteiger charge is 2.15. The van der Waals surface area contributed by atoms with Gasteiger partial charge in [0.1, 0.15) is 0 Å². The Hall–Kier alpha value is -0.830. The van der Waals surface area contributed by atoms with E-state index in [9.17, 15) is 0 Å². The molecule has 0 aliphatic heterocycles. The van der Waals surface area contributed by atoms with Crippen molar-refractivity contribution in [1.82, 2.24) is 15.1 Å². The zero-order valence-corrected chi connectivity index (χ0v) is 13.1. The molecular formula is C15H29N3. The van der Waals surface area contributed by atoms with E-state index in [2.05, 4.69) is 63.6 Å². The molecule has 0 amide bonds. The molecular weight excluding hydrogens is 222 g/mol. The van der Waals surface area contributed by atoms with Gasteiger partial charge in [0.15, 0.2) is 0 Å². The van der Waals surface area contributed by atoms with Crippen molar-refractivity contribution in [3.63, 3.8) is 0 Å². The van der Waals surface area contributed by atoms with E-state index in [0.29, 0.717) is 6.04 Å². The van der Waals surface area contributed by atoms with Gasteiger partial charge in [-0.05, 0) is 66.5 Å². The van der Waals surface area contributed by atoms with E-state index >= 15 is 0 Å². The SMILES string of the molecule is CCC(C)n1nc(C)c(CCNC(C)(C)C)c1C. The Bertz CT molecular complexity index is 385. The molecule has 1 unspecified atom stereocenters. The van der Waals surface area contributed by atoms with Crippen molar-refractivity contribution < 1.29 is 0 Å². The number of hydrogen-bond donors (Lipinski definition) is 1. The summed E-state index contributed by atoms with van der Waals surface area (Å²) in [6, 6.07) is 0.494. The first-order chi connectivity index (χ1) is 8.26. The number of aromatic nitrogens is 2. The first kappa shape index (κ1) is 15.2. The number of hydrogen-bond acceptors (Lipinski definition) is 2. The lowest BCUT2D eigenvalue weighted by molar-refractivity contribution is 0.428. The quantitative estimate of drug-likeness (QED) is 0.869. The second-order valence-electron chi connectivity index (χ2n) is 6.28. The summed E-state index contributed by atoms with van der Waals surface area (Å²) in [6.07, 6.45) is 2.19. The topological polar surface area (TPSA) is 29.9 Å². The summed E-state index contributed by atoms with van der Waals surface area (Å²) < 4.78 is 2.18. The van der Waals surface area contributed by atoms with Crippen molar-refractivity contribution in [2.45, 2.75) is 72.9 Å². The monoisotopic (exact) mass is 251 g/mol. The Morgan fingerprint density at radius 2 is 1.89 bits per heavy atom. The molecule has 1 rings (SSSR count). The van der Waals surface area contributed by atoms with Gasteiger partial charge < -0.3 is 5.32 Å². The third kappa shape index (κ3) is 3.84. The van der Waals surface area contributed by atoms with Gasteiger partial charge in [-0.15, -0.1) is 0 Å². The minimum absolute atomic E-state index is 0.189. The maximum absolute atomic E-state index is 4.68. The van der Waals surface area contributed by atoms with E-state index < -0.39 is 0 Å². The molecule has 1 heterocycles. The Kier molecular flexibility index (Phi) is 4.97. The van der Waals surface area contributed by atoms with Gasteiger partial charge in [-0.25, -0.2) is 0 Å². The summed E-state index contributed by atoms with van der Waals surface area (Å²) in [6.45, 7) is 16.4. The van der Waals surface area contributed by atoms with E-state index in [4.69, 9.17) is 0 Å². The van der Waals surface area contributed by atoms with Gasteiger partial charge in [-0.3, -0.25) is 4.68 Å². The molecule has 3 nitrogen and oxygen atoms in total. The average molecular weight is 251 g/mol. The number of nitrogens with zero attached hydrogens (tertiary/aromatic N) is 2. The van der Waals surface area contributed by atoms with Crippen molar-refractivity contribution in [3.05, 3.63) is 17.0 Å². The predicted molar refractivity (Wildman–Crippen MR) is 78.2 cm³/mol. The fourth-order valence-corrected chi connectivity index (χ4v) is 2.22. The van der Waals surface area contributed by atoms with Gasteiger partial charge in [0.2, 0.25) is 0 Å². The lowest BCUT2D eigenvalue weighted by Gasteiger charge is -2.20. The molecule has 0 saturated carbocycles. The highest BCUT2D eigenvalue weighted by molar-refractivity contribution is 5.25. The summed E-state index contributed by atoms with van der Waals surface area (Å²) in [5.74, 6) is 0. The van der Waals surface area contributed by atoms with Crippen LogP contribution in [0.15, 0.2) is 0 Å². The summed E-state index contributed by atoms with van der Waals surface area (Å²) in [5.41, 5.74) is 4.11. The average Bonchev–Trinajstić information content (AvgIpc) is 2.54. The molecule has 1 aromatic heterocycles. The van der Waals surface area contributed by atoms with Crippen LogP contribution in [0.4, 0.5) is 0 Å². The van der Waals surface area contributed by atoms with Crippen LogP contribution >= 0.6 is 0 Å². The van der Waals surface area contributed by atoms with Gasteiger partial charge in [0, 0.05) is 17.3 Å². The van der Waals surface area contributed by atoms with Crippen LogP contribution in [0.1, 0.15) is 64.0 Å². The van der Waals surface area contributed by atoms with Crippen molar-refractivity contribution in [3.8, 4) is 0 Å². The van der Waals surface area contributed by atoms with Gasteiger partial charge in [-0.1, -0.05) is 6.92 Å². The number of aryl methyl sites for hydroxylation is 1. The zero-order chi connectivity index (χ0) is 13.9. The van der Waals surface area contributed by atoms with Crippen LogP contribution in [-0.2, 0) is 6.42 Å². The van der Waals surface area contributed by atoms with Crippen molar-refractivity contribution >= 4 is 0 Å². The van der Waals surface area contributed by atoms with Gasteiger partial charge in [-0.2, -0.15) is 5.10 Å². The van der Waals surface area contributed by atoms with Gasteiger partial charge in [0.05, 0.1) is 5.69 Å². The highest BCUT2D eigenvalue weighted by atomic mass is 15.3. The molecule has 1 aromatic rings. The molecule has 0 saturated heterocycles. The van der Waals surface area contributed by atoms with E-state index in [1.807, 2.05) is 0 Å². The van der Waals surface area contributed by atoms with Crippen LogP contribution in [0, 0.1) is 13.8 Å². The van der Waals surface area contributed by atoms with Crippen LogP contribution < -0.4 is 5.32 Å². The van der Waals surface area contributed by atoms with Crippen molar-refractivity contribution in [2.75, 3.05) is 6.54 Å². The lowest BCUT2D eigenvalue weighted by atomic mass is 10.1. The van der Waals surface area contributed by atoms with E-state index in [-0.39, 0.29) is 5.54 Å². The standard InChI is InChI=1S/C15H29N3/c1-8-11(2)18-13(4)14(12(3)17-18)9-10-16-15(5,6)7/h11,16H,8-10H2,1-7H3. The number of rotatable bonds is 5. The van der Waals surface area contributed by atoms with Crippen molar-refractivity contribution in [2.24, 2.45) is 0 Å². The molecule has 0 aliphatic carbocycles. The van der Waals surface area contributed by atoms with Crippen LogP contribution in [0.3, 0.4) is 0 Å². The normalized spacial score (nSPS) is 13.9. The Morgan fingerprint density at radius 3 is 2.39 bits per heavy atom. The van der Waals surface area contributed by atoms with Crippen LogP contribution in [0.25, 0.3) is 0 Å². The van der Waals surface area contributed by atoms with E-state index in [1.165, 1.54) is 17.0 Å². The molecule has 0 aliphatic rings. The molecule has 104 valence electrons. The zero-order valence-electron chi connectivity index (χ0n) is 13.1. The molecule has 18 heavy (non-hydrogen) atoms. The Balaban J connectivity index is 2.75. The summed E-state index contributed by atoms with van der Waals surface area (Å²) in [7, 11) is 0. The third-order valence-electron chi connectivity index (χ3n) is 3.51. The molecule has 0 fully saturated rings. The molecule has 1 atom stereocenters. The van der Waals surface area contributed by atoms with Gasteiger partial charge >= 0.3 is 0 Å². The maximum atomic E-state index is 4.68. The Labute approximate surface area is 112 Å². The van der Waals surface area contributed by atoms with Gasteiger partial charge in [0.25, 0.3) is 0 Å². The smallest absolute Gasteiger partial charge is 0.0629 e. The van der Waals surface area contributed by atoms with Crippen molar-refractivity contribution in [1.29, 1.82) is 0 Å². The minimum atomic E-state index is 0.189. The molecule has 3 heteroatoms. The molecule has 0 bridgehead atoms. The first-order valence-corrected chi connectivity index (χ1v) is 7.06. The second kappa shape index (κ2) is 5.87. The fraction of sp³-hybridized carbons (Fsp3) is 0.800. The summed E-state index contributed by atoms with van der Waals surface area (Å²) in [4.78, 5) is 0.